The highest BCUT2D eigenvalue weighted by molar-refractivity contribution is 7.89. The number of halogens is 1. The van der Waals surface area contributed by atoms with Crippen molar-refractivity contribution < 1.29 is 27.6 Å². The van der Waals surface area contributed by atoms with Gasteiger partial charge < -0.3 is 14.9 Å². The number of benzene rings is 2. The van der Waals surface area contributed by atoms with Crippen LogP contribution < -0.4 is 15.6 Å². The number of oxazole rings is 1. The number of primary sulfonamides is 1. The summed E-state index contributed by atoms with van der Waals surface area (Å²) in [5, 5.41) is 15.3. The fourth-order valence-electron chi connectivity index (χ4n) is 2.64. The summed E-state index contributed by atoms with van der Waals surface area (Å²) in [4.78, 5) is 15.4. The second-order valence-electron chi connectivity index (χ2n) is 6.10. The Morgan fingerprint density at radius 2 is 1.87 bits per heavy atom. The van der Waals surface area contributed by atoms with Crippen molar-refractivity contribution in [2.24, 2.45) is 10.9 Å². The molecule has 0 atom stereocenters. The Kier molecular flexibility index (Phi) is 5.99. The lowest BCUT2D eigenvalue weighted by molar-refractivity contribution is -0.0523. The maximum absolute atomic E-state index is 11.5. The topological polar surface area (TPSA) is 162 Å². The Balaban J connectivity index is 2.11. The van der Waals surface area contributed by atoms with E-state index in [1.165, 1.54) is 31.4 Å². The van der Waals surface area contributed by atoms with Gasteiger partial charge in [0.1, 0.15) is 18.0 Å². The fraction of sp³-hybridized carbons (Fsp3) is 0.111. The zero-order valence-electron chi connectivity index (χ0n) is 15.6. The van der Waals surface area contributed by atoms with Gasteiger partial charge >= 0.3 is 6.03 Å². The third-order valence-electron chi connectivity index (χ3n) is 4.08. The smallest absolute Gasteiger partial charge is 0.339 e. The molecule has 3 aromatic rings. The van der Waals surface area contributed by atoms with Crippen LogP contribution in [0, 0.1) is 0 Å². The molecule has 0 radical (unpaired) electrons. The number of amides is 2. The zero-order chi connectivity index (χ0) is 22.1. The Bertz CT molecular complexity index is 1190. The Hall–Kier alpha value is -3.12. The van der Waals surface area contributed by atoms with Crippen LogP contribution in [-0.4, -0.2) is 36.8 Å². The first-order chi connectivity index (χ1) is 14.1. The van der Waals surface area contributed by atoms with Gasteiger partial charge in [0.25, 0.3) is 0 Å². The number of rotatable bonds is 6. The molecule has 0 saturated heterocycles. The number of ether oxygens (including phenoxy) is 1. The highest BCUT2D eigenvalue weighted by atomic mass is 35.5. The predicted octanol–water partition coefficient (Wildman–Crippen LogP) is 2.59. The van der Waals surface area contributed by atoms with E-state index in [1.54, 1.807) is 18.2 Å². The maximum atomic E-state index is 11.5. The van der Waals surface area contributed by atoms with Crippen LogP contribution in [0.15, 0.2) is 51.8 Å². The molecule has 0 aliphatic rings. The first-order valence-electron chi connectivity index (χ1n) is 8.33. The van der Waals surface area contributed by atoms with Gasteiger partial charge in [-0.05, 0) is 42.5 Å². The van der Waals surface area contributed by atoms with Crippen molar-refractivity contribution in [3.63, 3.8) is 0 Å². The summed E-state index contributed by atoms with van der Waals surface area (Å²) in [6.45, 7) is -0.401. The Labute approximate surface area is 176 Å². The molecule has 10 nitrogen and oxygen atoms in total. The van der Waals surface area contributed by atoms with Crippen molar-refractivity contribution in [1.29, 1.82) is 0 Å². The molecule has 0 spiro atoms. The maximum Gasteiger partial charge on any atom is 0.339 e. The van der Waals surface area contributed by atoms with Gasteiger partial charge in [0.15, 0.2) is 5.76 Å². The third-order valence-corrected chi connectivity index (χ3v) is 5.31. The van der Waals surface area contributed by atoms with E-state index in [-0.39, 0.29) is 21.6 Å². The molecular formula is C18H17ClN4O6S. The van der Waals surface area contributed by atoms with Crippen LogP contribution in [0.3, 0.4) is 0 Å². The van der Waals surface area contributed by atoms with Gasteiger partial charge in [0.2, 0.25) is 15.9 Å². The lowest BCUT2D eigenvalue weighted by Gasteiger charge is -2.08. The van der Waals surface area contributed by atoms with E-state index in [2.05, 4.69) is 4.98 Å². The number of primary amides is 1. The SMILES string of the molecule is COc1ccc(-c2nc(CN(O)C(N)=O)oc2-c2ccc(S(N)(=O)=O)cc2)cc1Cl. The summed E-state index contributed by atoms with van der Waals surface area (Å²) >= 11 is 6.21. The molecule has 2 aromatic carbocycles. The van der Waals surface area contributed by atoms with Gasteiger partial charge in [0.05, 0.1) is 17.0 Å². The highest BCUT2D eigenvalue weighted by Crippen LogP contribution is 2.36. The van der Waals surface area contributed by atoms with Crippen molar-refractivity contribution >= 4 is 27.7 Å². The number of hydrogen-bond acceptors (Lipinski definition) is 7. The average molecular weight is 453 g/mol. The molecular weight excluding hydrogens is 436 g/mol. The van der Waals surface area contributed by atoms with E-state index in [9.17, 15) is 18.4 Å². The zero-order valence-corrected chi connectivity index (χ0v) is 17.1. The van der Waals surface area contributed by atoms with Crippen LogP contribution >= 0.6 is 11.6 Å². The number of aromatic nitrogens is 1. The van der Waals surface area contributed by atoms with Gasteiger partial charge in [-0.1, -0.05) is 11.6 Å². The molecule has 158 valence electrons. The van der Waals surface area contributed by atoms with E-state index in [1.807, 2.05) is 0 Å². The fourth-order valence-corrected chi connectivity index (χ4v) is 3.41. The van der Waals surface area contributed by atoms with E-state index < -0.39 is 22.6 Å². The number of nitrogens with two attached hydrogens (primary N) is 2. The lowest BCUT2D eigenvalue weighted by Crippen LogP contribution is -2.32. The van der Waals surface area contributed by atoms with Crippen LogP contribution in [0.2, 0.25) is 5.02 Å². The largest absolute Gasteiger partial charge is 0.495 e. The van der Waals surface area contributed by atoms with Gasteiger partial charge in [-0.3, -0.25) is 5.21 Å². The van der Waals surface area contributed by atoms with E-state index in [0.29, 0.717) is 27.6 Å². The second-order valence-corrected chi connectivity index (χ2v) is 8.07. The van der Waals surface area contributed by atoms with Crippen LogP contribution in [0.4, 0.5) is 4.79 Å². The van der Waals surface area contributed by atoms with E-state index in [0.717, 1.165) is 0 Å². The molecule has 0 unspecified atom stereocenters. The third kappa shape index (κ3) is 4.54. The lowest BCUT2D eigenvalue weighted by atomic mass is 10.1. The van der Waals surface area contributed by atoms with Crippen molar-refractivity contribution in [2.75, 3.05) is 7.11 Å². The summed E-state index contributed by atoms with van der Waals surface area (Å²) in [6, 6.07) is 9.48. The van der Waals surface area contributed by atoms with Gasteiger partial charge in [0, 0.05) is 11.1 Å². The summed E-state index contributed by atoms with van der Waals surface area (Å²) < 4.78 is 33.9. The molecule has 5 N–H and O–H groups in total. The quantitative estimate of drug-likeness (QED) is 0.382. The molecule has 12 heteroatoms. The van der Waals surface area contributed by atoms with Gasteiger partial charge in [-0.15, -0.1) is 0 Å². The van der Waals surface area contributed by atoms with Crippen LogP contribution in [0.1, 0.15) is 5.89 Å². The van der Waals surface area contributed by atoms with Gasteiger partial charge in [-0.2, -0.15) is 5.06 Å². The number of carbonyl (C=O) groups excluding carboxylic acids is 1. The summed E-state index contributed by atoms with van der Waals surface area (Å²) in [7, 11) is -2.39. The summed E-state index contributed by atoms with van der Waals surface area (Å²) in [6.07, 6.45) is 0. The Morgan fingerprint density at radius 3 is 2.40 bits per heavy atom. The first kappa shape index (κ1) is 21.6. The van der Waals surface area contributed by atoms with E-state index in [4.69, 9.17) is 31.6 Å². The van der Waals surface area contributed by atoms with E-state index >= 15 is 0 Å². The average Bonchev–Trinajstić information content (AvgIpc) is 3.11. The van der Waals surface area contributed by atoms with Crippen LogP contribution in [0.5, 0.6) is 5.75 Å². The molecule has 0 fully saturated rings. The number of carbonyl (C=O) groups is 1. The molecule has 30 heavy (non-hydrogen) atoms. The number of urea groups is 1. The standard InChI is InChI=1S/C18H17ClN4O6S/c1-28-14-7-4-11(8-13(14)19)16-17(29-15(22-16)9-23(25)18(20)24)10-2-5-12(6-3-10)30(21,26)27/h2-8,25H,9H2,1H3,(H2,20,24)(H2,21,26,27). The number of sulfonamides is 1. The molecule has 0 bridgehead atoms. The number of hydrogen-bond donors (Lipinski definition) is 3. The molecule has 1 aromatic heterocycles. The minimum atomic E-state index is -3.87. The number of methoxy groups -OCH3 is 1. The summed E-state index contributed by atoms with van der Waals surface area (Å²) in [5.74, 6) is 0.701. The predicted molar refractivity (Wildman–Crippen MR) is 107 cm³/mol. The summed E-state index contributed by atoms with van der Waals surface area (Å²) in [5.41, 5.74) is 6.41. The number of hydroxylamine groups is 2. The van der Waals surface area contributed by atoms with Crippen molar-refractivity contribution in [1.82, 2.24) is 10.0 Å². The van der Waals surface area contributed by atoms with Crippen molar-refractivity contribution in [3.05, 3.63) is 53.4 Å². The monoisotopic (exact) mass is 452 g/mol. The normalized spacial score (nSPS) is 11.3. The molecule has 1 heterocycles. The van der Waals surface area contributed by atoms with Crippen molar-refractivity contribution in [2.45, 2.75) is 11.4 Å². The van der Waals surface area contributed by atoms with Gasteiger partial charge in [-0.25, -0.2) is 23.3 Å². The minimum Gasteiger partial charge on any atom is -0.495 e. The second kappa shape index (κ2) is 8.32. The molecule has 2 amide bonds. The van der Waals surface area contributed by atoms with Crippen LogP contribution in [-0.2, 0) is 16.6 Å². The molecule has 3 rings (SSSR count). The number of nitrogens with zero attached hydrogens (tertiary/aromatic N) is 2. The van der Waals surface area contributed by atoms with Crippen molar-refractivity contribution in [3.8, 4) is 28.3 Å². The first-order valence-corrected chi connectivity index (χ1v) is 10.2. The van der Waals surface area contributed by atoms with Crippen LogP contribution in [0.25, 0.3) is 22.6 Å². The molecule has 0 saturated carbocycles. The molecule has 0 aliphatic heterocycles. The molecule has 0 aliphatic carbocycles. The highest BCUT2D eigenvalue weighted by Gasteiger charge is 2.21. The minimum absolute atomic E-state index is 0.0104. The Morgan fingerprint density at radius 1 is 1.23 bits per heavy atom.